The van der Waals surface area contributed by atoms with Crippen LogP contribution in [0.3, 0.4) is 0 Å². The number of methoxy groups -OCH3 is 1. The van der Waals surface area contributed by atoms with Gasteiger partial charge in [0.2, 0.25) is 5.91 Å². The first kappa shape index (κ1) is 17.5. The fourth-order valence-corrected chi connectivity index (χ4v) is 4.25. The number of fused-ring (bicyclic) bond motifs is 1. The van der Waals surface area contributed by atoms with Gasteiger partial charge in [0.05, 0.1) is 12.7 Å². The van der Waals surface area contributed by atoms with Crippen LogP contribution in [-0.2, 0) is 17.8 Å². The Morgan fingerprint density at radius 1 is 1.52 bits per heavy atom. The second-order valence-electron chi connectivity index (χ2n) is 6.18. The minimum atomic E-state index is -0.0709. The van der Waals surface area contributed by atoms with E-state index >= 15 is 0 Å². The van der Waals surface area contributed by atoms with E-state index in [2.05, 4.69) is 16.7 Å². The highest BCUT2D eigenvalue weighted by Crippen LogP contribution is 2.35. The maximum absolute atomic E-state index is 12.5. The van der Waals surface area contributed by atoms with Crippen LogP contribution in [0.4, 0.5) is 5.00 Å². The van der Waals surface area contributed by atoms with Crippen molar-refractivity contribution in [3.05, 3.63) is 45.8 Å². The third-order valence-corrected chi connectivity index (χ3v) is 5.59. The lowest BCUT2D eigenvalue weighted by Crippen LogP contribution is -2.22. The molecule has 5 nitrogen and oxygen atoms in total. The monoisotopic (exact) mass is 355 g/mol. The van der Waals surface area contributed by atoms with Crippen LogP contribution in [0, 0.1) is 11.3 Å². The number of rotatable bonds is 5. The van der Waals surface area contributed by atoms with Crippen molar-refractivity contribution in [2.75, 3.05) is 19.0 Å². The van der Waals surface area contributed by atoms with Crippen LogP contribution in [0.1, 0.15) is 40.8 Å². The summed E-state index contributed by atoms with van der Waals surface area (Å²) in [5.74, 6) is 0.783. The number of thiophene rings is 1. The molecule has 0 bridgehead atoms. The van der Waals surface area contributed by atoms with Crippen molar-refractivity contribution in [3.8, 4) is 11.8 Å². The van der Waals surface area contributed by atoms with Crippen molar-refractivity contribution in [3.63, 3.8) is 0 Å². The average Bonchev–Trinajstić information content (AvgIpc) is 2.98. The predicted octanol–water partition coefficient (Wildman–Crippen LogP) is 3.41. The maximum atomic E-state index is 12.5. The number of benzene rings is 1. The molecule has 1 unspecified atom stereocenters. The summed E-state index contributed by atoms with van der Waals surface area (Å²) >= 11 is 1.51. The highest BCUT2D eigenvalue weighted by atomic mass is 32.1. The molecule has 25 heavy (non-hydrogen) atoms. The molecule has 3 rings (SSSR count). The SMILES string of the molecule is COc1cccc(C(C)CC(=O)Nc2sc3c(c2C#N)CCNC3)c1. The summed E-state index contributed by atoms with van der Waals surface area (Å²) in [5, 5.41) is 16.4. The zero-order valence-corrected chi connectivity index (χ0v) is 15.2. The lowest BCUT2D eigenvalue weighted by atomic mass is 9.97. The van der Waals surface area contributed by atoms with Crippen LogP contribution < -0.4 is 15.4 Å². The van der Waals surface area contributed by atoms with Crippen LogP contribution in [0.5, 0.6) is 5.75 Å². The van der Waals surface area contributed by atoms with E-state index < -0.39 is 0 Å². The molecule has 0 fully saturated rings. The molecule has 1 atom stereocenters. The number of carbonyl (C=O) groups is 1. The number of nitrogens with one attached hydrogen (secondary N) is 2. The molecule has 0 saturated heterocycles. The summed E-state index contributed by atoms with van der Waals surface area (Å²) in [6, 6.07) is 10.0. The standard InChI is InChI=1S/C19H21N3O2S/c1-12(13-4-3-5-14(9-13)24-2)8-18(23)22-19-16(10-20)15-6-7-21-11-17(15)25-19/h3-5,9,12,21H,6-8,11H2,1-2H3,(H,22,23). The van der Waals surface area contributed by atoms with Crippen molar-refractivity contribution in [2.24, 2.45) is 0 Å². The number of amides is 1. The summed E-state index contributed by atoms with van der Waals surface area (Å²) in [4.78, 5) is 13.6. The minimum Gasteiger partial charge on any atom is -0.497 e. The number of nitriles is 1. The Labute approximate surface area is 151 Å². The molecule has 0 saturated carbocycles. The fraction of sp³-hybridized carbons (Fsp3) is 0.368. The van der Waals surface area contributed by atoms with Gasteiger partial charge in [0, 0.05) is 17.8 Å². The number of ether oxygens (including phenoxy) is 1. The number of hydrogen-bond acceptors (Lipinski definition) is 5. The summed E-state index contributed by atoms with van der Waals surface area (Å²) in [5.41, 5.74) is 2.77. The first-order valence-corrected chi connectivity index (χ1v) is 9.13. The van der Waals surface area contributed by atoms with Crippen molar-refractivity contribution in [2.45, 2.75) is 32.2 Å². The highest BCUT2D eigenvalue weighted by molar-refractivity contribution is 7.16. The molecule has 1 aromatic heterocycles. The summed E-state index contributed by atoms with van der Waals surface area (Å²) in [7, 11) is 1.63. The number of carbonyl (C=O) groups excluding carboxylic acids is 1. The van der Waals surface area contributed by atoms with E-state index in [4.69, 9.17) is 4.74 Å². The fourth-order valence-electron chi connectivity index (χ4n) is 3.06. The summed E-state index contributed by atoms with van der Waals surface area (Å²) in [6.45, 7) is 3.66. The molecule has 2 N–H and O–H groups in total. The van der Waals surface area contributed by atoms with Gasteiger partial charge in [0.1, 0.15) is 16.8 Å². The molecule has 0 radical (unpaired) electrons. The molecule has 130 valence electrons. The summed E-state index contributed by atoms with van der Waals surface area (Å²) in [6.07, 6.45) is 1.20. The quantitative estimate of drug-likeness (QED) is 0.862. The normalized spacial score (nSPS) is 14.3. The smallest absolute Gasteiger partial charge is 0.225 e. The van der Waals surface area contributed by atoms with Crippen molar-refractivity contribution >= 4 is 22.2 Å². The third-order valence-electron chi connectivity index (χ3n) is 4.45. The lowest BCUT2D eigenvalue weighted by molar-refractivity contribution is -0.116. The number of anilines is 1. The molecule has 2 heterocycles. The van der Waals surface area contributed by atoms with Gasteiger partial charge in [-0.15, -0.1) is 11.3 Å². The van der Waals surface area contributed by atoms with E-state index in [-0.39, 0.29) is 11.8 Å². The van der Waals surface area contributed by atoms with E-state index in [1.807, 2.05) is 31.2 Å². The van der Waals surface area contributed by atoms with Gasteiger partial charge in [-0.3, -0.25) is 4.79 Å². The van der Waals surface area contributed by atoms with Crippen molar-refractivity contribution in [1.29, 1.82) is 5.26 Å². The molecule has 1 aliphatic heterocycles. The van der Waals surface area contributed by atoms with E-state index in [1.165, 1.54) is 11.3 Å². The van der Waals surface area contributed by atoms with Gasteiger partial charge in [-0.1, -0.05) is 19.1 Å². The van der Waals surface area contributed by atoms with Crippen molar-refractivity contribution in [1.82, 2.24) is 5.32 Å². The molecular formula is C19H21N3O2S. The Bertz CT molecular complexity index is 823. The zero-order valence-electron chi connectivity index (χ0n) is 14.4. The number of hydrogen-bond donors (Lipinski definition) is 2. The van der Waals surface area contributed by atoms with Gasteiger partial charge in [-0.25, -0.2) is 0 Å². The van der Waals surface area contributed by atoms with Crippen LogP contribution in [-0.4, -0.2) is 19.6 Å². The summed E-state index contributed by atoms with van der Waals surface area (Å²) < 4.78 is 5.24. The molecular weight excluding hydrogens is 334 g/mol. The third kappa shape index (κ3) is 3.84. The van der Waals surface area contributed by atoms with Gasteiger partial charge in [-0.2, -0.15) is 5.26 Å². The maximum Gasteiger partial charge on any atom is 0.225 e. The van der Waals surface area contributed by atoms with Crippen molar-refractivity contribution < 1.29 is 9.53 Å². The van der Waals surface area contributed by atoms with Gasteiger partial charge in [0.25, 0.3) is 0 Å². The molecule has 6 heteroatoms. The molecule has 2 aromatic rings. The first-order valence-electron chi connectivity index (χ1n) is 8.31. The second-order valence-corrected chi connectivity index (χ2v) is 7.28. The van der Waals surface area contributed by atoms with Gasteiger partial charge in [0.15, 0.2) is 0 Å². The molecule has 1 amide bonds. The Hall–Kier alpha value is -2.36. The minimum absolute atomic E-state index is 0.0666. The lowest BCUT2D eigenvalue weighted by Gasteiger charge is -2.13. The topological polar surface area (TPSA) is 74.1 Å². The molecule has 0 aliphatic carbocycles. The molecule has 1 aromatic carbocycles. The number of nitrogens with zero attached hydrogens (tertiary/aromatic N) is 1. The average molecular weight is 355 g/mol. The largest absolute Gasteiger partial charge is 0.497 e. The van der Waals surface area contributed by atoms with E-state index in [9.17, 15) is 10.1 Å². The Kier molecular flexibility index (Phi) is 5.37. The van der Waals surface area contributed by atoms with Gasteiger partial charge in [-0.05, 0) is 42.1 Å². The van der Waals surface area contributed by atoms with E-state index in [0.29, 0.717) is 17.0 Å². The van der Waals surface area contributed by atoms with E-state index in [0.717, 1.165) is 41.3 Å². The predicted molar refractivity (Wildman–Crippen MR) is 99.1 cm³/mol. The van der Waals surface area contributed by atoms with Crippen LogP contribution in [0.25, 0.3) is 0 Å². The second kappa shape index (κ2) is 7.68. The van der Waals surface area contributed by atoms with Crippen LogP contribution in [0.15, 0.2) is 24.3 Å². The van der Waals surface area contributed by atoms with Crippen LogP contribution >= 0.6 is 11.3 Å². The Morgan fingerprint density at radius 2 is 2.36 bits per heavy atom. The Balaban J connectivity index is 1.70. The first-order chi connectivity index (χ1) is 12.1. The van der Waals surface area contributed by atoms with Gasteiger partial charge >= 0.3 is 0 Å². The highest BCUT2D eigenvalue weighted by Gasteiger charge is 2.22. The zero-order chi connectivity index (χ0) is 17.8. The Morgan fingerprint density at radius 3 is 3.12 bits per heavy atom. The molecule has 1 aliphatic rings. The van der Waals surface area contributed by atoms with Gasteiger partial charge < -0.3 is 15.4 Å². The van der Waals surface area contributed by atoms with Crippen LogP contribution in [0.2, 0.25) is 0 Å². The van der Waals surface area contributed by atoms with E-state index in [1.54, 1.807) is 7.11 Å². The molecule has 0 spiro atoms.